The van der Waals surface area contributed by atoms with Gasteiger partial charge in [0.05, 0.1) is 6.42 Å². The minimum absolute atomic E-state index is 0.0908. The third-order valence-corrected chi connectivity index (χ3v) is 9.20. The molecule has 1 aliphatic carbocycles. The second-order valence-corrected chi connectivity index (χ2v) is 13.6. The van der Waals surface area contributed by atoms with Gasteiger partial charge in [-0.1, -0.05) is 142 Å². The van der Waals surface area contributed by atoms with E-state index >= 15 is 0 Å². The number of esters is 2. The van der Waals surface area contributed by atoms with Crippen molar-refractivity contribution in [2.24, 2.45) is 0 Å². The van der Waals surface area contributed by atoms with Crippen LogP contribution < -0.4 is 5.32 Å². The predicted octanol–water partition coefficient (Wildman–Crippen LogP) is 9.75. The van der Waals surface area contributed by atoms with Gasteiger partial charge in [-0.3, -0.25) is 19.2 Å². The lowest BCUT2D eigenvalue weighted by atomic mass is 9.90. The van der Waals surface area contributed by atoms with E-state index in [0.29, 0.717) is 32.1 Å². The van der Waals surface area contributed by atoms with E-state index in [1.807, 2.05) is 0 Å². The van der Waals surface area contributed by atoms with Crippen LogP contribution in [0.25, 0.3) is 0 Å². The largest absolute Gasteiger partial charge is 0.481 e. The summed E-state index contributed by atoms with van der Waals surface area (Å²) in [7, 11) is 0. The van der Waals surface area contributed by atoms with Crippen molar-refractivity contribution in [3.63, 3.8) is 0 Å². The first-order valence-corrected chi connectivity index (χ1v) is 19.3. The molecule has 0 aromatic carbocycles. The fourth-order valence-electron chi connectivity index (χ4n) is 6.33. The summed E-state index contributed by atoms with van der Waals surface area (Å²) in [5, 5.41) is 11.8. The van der Waals surface area contributed by atoms with Crippen LogP contribution in [0.3, 0.4) is 0 Å². The average molecular weight is 652 g/mol. The molecule has 0 aromatic heterocycles. The molecule has 1 saturated carbocycles. The van der Waals surface area contributed by atoms with Crippen LogP contribution in [0.2, 0.25) is 0 Å². The standard InChI is InChI=1S/C38H69NO7/c1-3-5-7-9-11-13-15-17-19-21-23-25-37(43)45-33-28-27-32(39-35(40)29-30-36(41)42)31-34(33)46-38(44)26-24-22-20-18-16-14-12-10-8-6-4-2/h32-34H,3-31H2,1-2H3,(H,39,40)(H,41,42). The molecule has 8 nitrogen and oxygen atoms in total. The predicted molar refractivity (Wildman–Crippen MR) is 185 cm³/mol. The molecule has 3 unspecified atom stereocenters. The zero-order chi connectivity index (χ0) is 33.7. The van der Waals surface area contributed by atoms with Crippen molar-refractivity contribution >= 4 is 23.8 Å². The minimum Gasteiger partial charge on any atom is -0.481 e. The summed E-state index contributed by atoms with van der Waals surface area (Å²) in [6, 6.07) is -0.248. The third-order valence-electron chi connectivity index (χ3n) is 9.20. The summed E-state index contributed by atoms with van der Waals surface area (Å²) in [4.78, 5) is 48.6. The Kier molecular flexibility index (Phi) is 26.5. The number of carbonyl (C=O) groups is 4. The second-order valence-electron chi connectivity index (χ2n) is 13.6. The van der Waals surface area contributed by atoms with E-state index in [0.717, 1.165) is 38.5 Å². The fraction of sp³-hybridized carbons (Fsp3) is 0.895. The summed E-state index contributed by atoms with van der Waals surface area (Å²) < 4.78 is 11.7. The van der Waals surface area contributed by atoms with Gasteiger partial charge in [-0.2, -0.15) is 0 Å². The highest BCUT2D eigenvalue weighted by Crippen LogP contribution is 2.26. The molecule has 0 heterocycles. The molecule has 1 fully saturated rings. The lowest BCUT2D eigenvalue weighted by Gasteiger charge is -2.35. The number of ether oxygens (including phenoxy) is 2. The van der Waals surface area contributed by atoms with Gasteiger partial charge >= 0.3 is 17.9 Å². The highest BCUT2D eigenvalue weighted by molar-refractivity contribution is 5.80. The van der Waals surface area contributed by atoms with E-state index in [1.165, 1.54) is 103 Å². The van der Waals surface area contributed by atoms with Crippen molar-refractivity contribution in [1.29, 1.82) is 0 Å². The lowest BCUT2D eigenvalue weighted by Crippen LogP contribution is -2.48. The summed E-state index contributed by atoms with van der Waals surface area (Å²) >= 11 is 0. The maximum atomic E-state index is 12.8. The van der Waals surface area contributed by atoms with Gasteiger partial charge < -0.3 is 19.9 Å². The van der Waals surface area contributed by atoms with Crippen LogP contribution in [0.1, 0.15) is 200 Å². The summed E-state index contributed by atoms with van der Waals surface area (Å²) in [6.45, 7) is 4.48. The molecule has 0 aliphatic heterocycles. The Balaban J connectivity index is 2.40. The van der Waals surface area contributed by atoms with Crippen LogP contribution in [0.15, 0.2) is 0 Å². The maximum absolute atomic E-state index is 12.8. The molecule has 0 saturated heterocycles. The number of unbranched alkanes of at least 4 members (excludes halogenated alkanes) is 20. The van der Waals surface area contributed by atoms with Crippen molar-refractivity contribution in [2.75, 3.05) is 0 Å². The van der Waals surface area contributed by atoms with E-state index in [4.69, 9.17) is 14.6 Å². The van der Waals surface area contributed by atoms with Crippen molar-refractivity contribution in [2.45, 2.75) is 218 Å². The van der Waals surface area contributed by atoms with Crippen LogP contribution in [0, 0.1) is 0 Å². The third kappa shape index (κ3) is 24.1. The first-order valence-electron chi connectivity index (χ1n) is 19.3. The molecular formula is C38H69NO7. The Morgan fingerprint density at radius 2 is 0.913 bits per heavy atom. The summed E-state index contributed by atoms with van der Waals surface area (Å²) in [5.41, 5.74) is 0. The van der Waals surface area contributed by atoms with Crippen LogP contribution in [0.4, 0.5) is 0 Å². The molecular weight excluding hydrogens is 582 g/mol. The summed E-state index contributed by atoms with van der Waals surface area (Å²) in [5.74, 6) is -1.88. The number of hydrogen-bond acceptors (Lipinski definition) is 6. The normalized spacial score (nSPS) is 17.8. The van der Waals surface area contributed by atoms with Crippen molar-refractivity contribution in [1.82, 2.24) is 5.32 Å². The molecule has 2 N–H and O–H groups in total. The topological polar surface area (TPSA) is 119 Å². The minimum atomic E-state index is -1.02. The first-order chi connectivity index (χ1) is 22.3. The monoisotopic (exact) mass is 652 g/mol. The van der Waals surface area contributed by atoms with Crippen LogP contribution in [0.5, 0.6) is 0 Å². The Labute approximate surface area is 280 Å². The molecule has 8 heteroatoms. The van der Waals surface area contributed by atoms with Gasteiger partial charge in [0, 0.05) is 31.7 Å². The Morgan fingerprint density at radius 3 is 1.33 bits per heavy atom. The number of rotatable bonds is 30. The van der Waals surface area contributed by atoms with Crippen molar-refractivity contribution in [3.05, 3.63) is 0 Å². The number of carbonyl (C=O) groups excluding carboxylic acids is 3. The Morgan fingerprint density at radius 1 is 0.522 bits per heavy atom. The van der Waals surface area contributed by atoms with Gasteiger partial charge in [0.1, 0.15) is 12.2 Å². The fourth-order valence-corrected chi connectivity index (χ4v) is 6.33. The molecule has 0 bridgehead atoms. The van der Waals surface area contributed by atoms with E-state index < -0.39 is 18.2 Å². The quantitative estimate of drug-likeness (QED) is 0.0586. The zero-order valence-electron chi connectivity index (χ0n) is 29.6. The van der Waals surface area contributed by atoms with Crippen LogP contribution in [-0.4, -0.2) is 47.2 Å². The Bertz CT molecular complexity index is 802. The van der Waals surface area contributed by atoms with Gasteiger partial charge in [-0.25, -0.2) is 0 Å². The second kappa shape index (κ2) is 29.1. The van der Waals surface area contributed by atoms with Crippen LogP contribution >= 0.6 is 0 Å². The number of carboxylic acids is 1. The van der Waals surface area contributed by atoms with E-state index in [-0.39, 0.29) is 36.7 Å². The smallest absolute Gasteiger partial charge is 0.306 e. The SMILES string of the molecule is CCCCCCCCCCCCCC(=O)OC1CCC(NC(=O)CCC(=O)O)CC1OC(=O)CCCCCCCCCCCCC. The van der Waals surface area contributed by atoms with Crippen molar-refractivity contribution < 1.29 is 33.8 Å². The lowest BCUT2D eigenvalue weighted by molar-refractivity contribution is -0.173. The highest BCUT2D eigenvalue weighted by Gasteiger charge is 2.36. The molecule has 1 aliphatic rings. The molecule has 268 valence electrons. The maximum Gasteiger partial charge on any atom is 0.306 e. The number of aliphatic carboxylic acids is 1. The van der Waals surface area contributed by atoms with E-state index in [2.05, 4.69) is 19.2 Å². The van der Waals surface area contributed by atoms with Gasteiger partial charge in [0.2, 0.25) is 5.91 Å². The molecule has 0 spiro atoms. The van der Waals surface area contributed by atoms with Gasteiger partial charge in [0.25, 0.3) is 0 Å². The highest BCUT2D eigenvalue weighted by atomic mass is 16.6. The van der Waals surface area contributed by atoms with E-state index in [1.54, 1.807) is 0 Å². The molecule has 3 atom stereocenters. The van der Waals surface area contributed by atoms with E-state index in [9.17, 15) is 19.2 Å². The first kappa shape index (κ1) is 41.9. The van der Waals surface area contributed by atoms with Gasteiger partial charge in [0.15, 0.2) is 0 Å². The van der Waals surface area contributed by atoms with Crippen molar-refractivity contribution in [3.8, 4) is 0 Å². The number of nitrogens with one attached hydrogen (secondary N) is 1. The number of carboxylic acid groups (broad SMARTS) is 1. The molecule has 46 heavy (non-hydrogen) atoms. The molecule has 1 rings (SSSR count). The Hall–Kier alpha value is -2.12. The zero-order valence-corrected chi connectivity index (χ0v) is 29.6. The van der Waals surface area contributed by atoms with Gasteiger partial charge in [-0.05, 0) is 25.7 Å². The molecule has 1 amide bonds. The number of amides is 1. The molecule has 0 radical (unpaired) electrons. The summed E-state index contributed by atoms with van der Waals surface area (Å²) in [6.07, 6.45) is 27.3. The molecule has 0 aromatic rings. The van der Waals surface area contributed by atoms with Crippen LogP contribution in [-0.2, 0) is 28.7 Å². The average Bonchev–Trinajstić information content (AvgIpc) is 3.02. The number of hydrogen-bond donors (Lipinski definition) is 2. The van der Waals surface area contributed by atoms with Gasteiger partial charge in [-0.15, -0.1) is 0 Å².